The Bertz CT molecular complexity index is 286. The third kappa shape index (κ3) is 0.608. The monoisotopic (exact) mass is 182 g/mol. The Morgan fingerprint density at radius 2 is 2.25 bits per heavy atom. The normalized spacial score (nSPS) is 50.3. The molecular formula is C9H10O2S. The van der Waals surface area contributed by atoms with Crippen molar-refractivity contribution in [2.75, 3.05) is 0 Å². The number of hydrogen-bond acceptors (Lipinski definition) is 3. The number of rotatable bonds is 0. The Balaban J connectivity index is 2.10. The molecule has 3 fully saturated rings. The van der Waals surface area contributed by atoms with E-state index in [0.29, 0.717) is 5.92 Å². The summed E-state index contributed by atoms with van der Waals surface area (Å²) in [6, 6.07) is 0. The van der Waals surface area contributed by atoms with Crippen LogP contribution in [0.3, 0.4) is 0 Å². The van der Waals surface area contributed by atoms with Crippen molar-refractivity contribution < 1.29 is 9.59 Å². The zero-order chi connectivity index (χ0) is 8.34. The van der Waals surface area contributed by atoms with E-state index in [1.165, 1.54) is 6.42 Å². The maximum Gasteiger partial charge on any atom is 0.203 e. The first-order chi connectivity index (χ1) is 5.72. The summed E-state index contributed by atoms with van der Waals surface area (Å²) < 4.78 is 0. The summed E-state index contributed by atoms with van der Waals surface area (Å²) in [6.45, 7) is 0. The molecule has 0 aromatic carbocycles. The van der Waals surface area contributed by atoms with Crippen LogP contribution >= 0.6 is 11.8 Å². The zero-order valence-electron chi connectivity index (χ0n) is 6.71. The van der Waals surface area contributed by atoms with Gasteiger partial charge in [-0.05, 0) is 43.4 Å². The molecule has 1 saturated heterocycles. The van der Waals surface area contributed by atoms with Crippen LogP contribution in [0.4, 0.5) is 0 Å². The molecule has 2 aliphatic carbocycles. The van der Waals surface area contributed by atoms with Crippen LogP contribution in [0.15, 0.2) is 0 Å². The lowest BCUT2D eigenvalue weighted by atomic mass is 9.77. The third-order valence-corrected chi connectivity index (χ3v) is 4.85. The van der Waals surface area contributed by atoms with Gasteiger partial charge in [0, 0.05) is 5.92 Å². The maximum atomic E-state index is 11.6. The van der Waals surface area contributed by atoms with E-state index in [0.717, 1.165) is 31.0 Å². The van der Waals surface area contributed by atoms with Gasteiger partial charge in [-0.1, -0.05) is 0 Å². The zero-order valence-corrected chi connectivity index (χ0v) is 7.52. The Morgan fingerprint density at radius 1 is 1.42 bits per heavy atom. The molecule has 12 heavy (non-hydrogen) atoms. The van der Waals surface area contributed by atoms with Crippen molar-refractivity contribution in [1.29, 1.82) is 0 Å². The van der Waals surface area contributed by atoms with E-state index in [2.05, 4.69) is 0 Å². The molecule has 1 aliphatic heterocycles. The SMILES string of the molecule is O=C1SC(=O)C23CCC(CC12)C3. The van der Waals surface area contributed by atoms with Gasteiger partial charge in [-0.15, -0.1) is 0 Å². The van der Waals surface area contributed by atoms with E-state index in [9.17, 15) is 9.59 Å². The van der Waals surface area contributed by atoms with Crippen LogP contribution in [-0.4, -0.2) is 10.2 Å². The summed E-state index contributed by atoms with van der Waals surface area (Å²) in [5.41, 5.74) is -0.174. The molecule has 0 N–H and O–H groups in total. The molecule has 3 rings (SSSR count). The topological polar surface area (TPSA) is 34.1 Å². The fourth-order valence-electron chi connectivity index (χ4n) is 3.17. The van der Waals surface area contributed by atoms with Crippen molar-refractivity contribution >= 4 is 22.0 Å². The van der Waals surface area contributed by atoms with Crippen molar-refractivity contribution in [2.24, 2.45) is 17.3 Å². The van der Waals surface area contributed by atoms with Crippen LogP contribution in [0, 0.1) is 17.3 Å². The molecule has 3 unspecified atom stereocenters. The molecular weight excluding hydrogens is 172 g/mol. The number of fused-ring (bicyclic) bond motifs is 1. The number of thioether (sulfide) groups is 1. The van der Waals surface area contributed by atoms with Crippen molar-refractivity contribution in [1.82, 2.24) is 0 Å². The standard InChI is InChI=1S/C9H10O2S/c10-7-6-3-5-1-2-9(6,4-5)8(11)12-7/h5-6H,1-4H2. The average molecular weight is 182 g/mol. The van der Waals surface area contributed by atoms with Gasteiger partial charge in [0.05, 0.1) is 5.41 Å². The highest BCUT2D eigenvalue weighted by molar-refractivity contribution is 8.26. The summed E-state index contributed by atoms with van der Waals surface area (Å²) in [7, 11) is 0. The molecule has 0 aromatic rings. The average Bonchev–Trinajstić information content (AvgIpc) is 2.65. The molecule has 0 amide bonds. The van der Waals surface area contributed by atoms with E-state index in [1.54, 1.807) is 0 Å². The minimum atomic E-state index is -0.174. The van der Waals surface area contributed by atoms with Gasteiger partial charge in [0.1, 0.15) is 0 Å². The molecule has 3 aliphatic rings. The Kier molecular flexibility index (Phi) is 1.16. The molecule has 0 radical (unpaired) electrons. The maximum absolute atomic E-state index is 11.6. The molecule has 2 nitrogen and oxygen atoms in total. The van der Waals surface area contributed by atoms with E-state index in [-0.39, 0.29) is 21.6 Å². The summed E-state index contributed by atoms with van der Waals surface area (Å²) in [5, 5.41) is 0.333. The number of carbonyl (C=O) groups is 2. The Hall–Kier alpha value is -0.310. The summed E-state index contributed by atoms with van der Waals surface area (Å²) in [6.07, 6.45) is 4.17. The highest BCUT2D eigenvalue weighted by atomic mass is 32.2. The second-order valence-corrected chi connectivity index (χ2v) is 5.24. The first kappa shape index (κ1) is 7.13. The highest BCUT2D eigenvalue weighted by Gasteiger charge is 2.63. The van der Waals surface area contributed by atoms with Gasteiger partial charge < -0.3 is 0 Å². The lowest BCUT2D eigenvalue weighted by Crippen LogP contribution is -2.27. The summed E-state index contributed by atoms with van der Waals surface area (Å²) >= 11 is 0.985. The predicted octanol–water partition coefficient (Wildman–Crippen LogP) is 1.59. The van der Waals surface area contributed by atoms with Gasteiger partial charge in [-0.3, -0.25) is 9.59 Å². The minimum absolute atomic E-state index is 0.105. The molecule has 3 heteroatoms. The lowest BCUT2D eigenvalue weighted by Gasteiger charge is -2.23. The van der Waals surface area contributed by atoms with Crippen molar-refractivity contribution in [3.8, 4) is 0 Å². The van der Waals surface area contributed by atoms with E-state index < -0.39 is 0 Å². The van der Waals surface area contributed by atoms with E-state index >= 15 is 0 Å². The lowest BCUT2D eigenvalue weighted by molar-refractivity contribution is -0.124. The van der Waals surface area contributed by atoms with Crippen LogP contribution < -0.4 is 0 Å². The van der Waals surface area contributed by atoms with Gasteiger partial charge in [-0.2, -0.15) is 0 Å². The number of hydrogen-bond donors (Lipinski definition) is 0. The second kappa shape index (κ2) is 1.95. The fourth-order valence-corrected chi connectivity index (χ4v) is 4.35. The molecule has 1 heterocycles. The van der Waals surface area contributed by atoms with Gasteiger partial charge in [0.25, 0.3) is 0 Å². The first-order valence-electron chi connectivity index (χ1n) is 4.48. The molecule has 2 bridgehead atoms. The first-order valence-corrected chi connectivity index (χ1v) is 5.30. The van der Waals surface area contributed by atoms with Crippen molar-refractivity contribution in [3.05, 3.63) is 0 Å². The van der Waals surface area contributed by atoms with E-state index in [1.807, 2.05) is 0 Å². The van der Waals surface area contributed by atoms with Gasteiger partial charge in [0.15, 0.2) is 0 Å². The second-order valence-electron chi connectivity index (χ2n) is 4.26. The van der Waals surface area contributed by atoms with Crippen LogP contribution in [-0.2, 0) is 9.59 Å². The Labute approximate surface area is 75.1 Å². The molecule has 1 spiro atoms. The Morgan fingerprint density at radius 3 is 2.92 bits per heavy atom. The van der Waals surface area contributed by atoms with Crippen LogP contribution in [0.2, 0.25) is 0 Å². The van der Waals surface area contributed by atoms with E-state index in [4.69, 9.17) is 0 Å². The van der Waals surface area contributed by atoms with Gasteiger partial charge in [0.2, 0.25) is 10.2 Å². The largest absolute Gasteiger partial charge is 0.286 e. The quantitative estimate of drug-likeness (QED) is 0.570. The van der Waals surface area contributed by atoms with Crippen LogP contribution in [0.5, 0.6) is 0 Å². The van der Waals surface area contributed by atoms with Gasteiger partial charge >= 0.3 is 0 Å². The predicted molar refractivity (Wildman–Crippen MR) is 45.5 cm³/mol. The van der Waals surface area contributed by atoms with Crippen molar-refractivity contribution in [2.45, 2.75) is 25.7 Å². The number of carbonyl (C=O) groups excluding carboxylic acids is 2. The fraction of sp³-hybridized carbons (Fsp3) is 0.778. The summed E-state index contributed by atoms with van der Waals surface area (Å²) in [4.78, 5) is 23.0. The molecule has 3 atom stereocenters. The minimum Gasteiger partial charge on any atom is -0.286 e. The molecule has 2 saturated carbocycles. The smallest absolute Gasteiger partial charge is 0.203 e. The summed E-state index contributed by atoms with van der Waals surface area (Å²) in [5.74, 6) is 0.789. The molecule has 0 aromatic heterocycles. The van der Waals surface area contributed by atoms with Crippen molar-refractivity contribution in [3.63, 3.8) is 0 Å². The van der Waals surface area contributed by atoms with Crippen LogP contribution in [0.1, 0.15) is 25.7 Å². The highest BCUT2D eigenvalue weighted by Crippen LogP contribution is 2.64. The van der Waals surface area contributed by atoms with Gasteiger partial charge in [-0.25, -0.2) is 0 Å². The van der Waals surface area contributed by atoms with Crippen LogP contribution in [0.25, 0.3) is 0 Å². The third-order valence-electron chi connectivity index (χ3n) is 3.77. The molecule has 64 valence electrons.